The predicted molar refractivity (Wildman–Crippen MR) is 111 cm³/mol. The Balaban J connectivity index is 1.44. The minimum absolute atomic E-state index is 0.314. The molecular weight excluding hydrogens is 366 g/mol. The molecule has 2 aromatic carbocycles. The zero-order valence-electron chi connectivity index (χ0n) is 16.1. The number of hydrogen-bond donors (Lipinski definition) is 1. The zero-order valence-corrected chi connectivity index (χ0v) is 16.1. The number of methoxy groups -OCH3 is 1. The van der Waals surface area contributed by atoms with Gasteiger partial charge in [0.05, 0.1) is 24.6 Å². The van der Waals surface area contributed by atoms with E-state index in [9.17, 15) is 9.59 Å². The van der Waals surface area contributed by atoms with Gasteiger partial charge in [-0.3, -0.25) is 4.79 Å². The average molecular weight is 387 g/mol. The van der Waals surface area contributed by atoms with Gasteiger partial charge in [-0.15, -0.1) is 0 Å². The maximum Gasteiger partial charge on any atom is 0.337 e. The lowest BCUT2D eigenvalue weighted by Crippen LogP contribution is -2.30. The number of ether oxygens (including phenoxy) is 1. The second kappa shape index (κ2) is 8.14. The average Bonchev–Trinajstić information content (AvgIpc) is 2.78. The molecule has 2 heterocycles. The fourth-order valence-electron chi connectivity index (χ4n) is 3.46. The summed E-state index contributed by atoms with van der Waals surface area (Å²) in [6.45, 7) is 1.76. The molecule has 1 N–H and O–H groups in total. The van der Waals surface area contributed by atoms with Gasteiger partial charge in [0.1, 0.15) is 5.69 Å². The van der Waals surface area contributed by atoms with Crippen molar-refractivity contribution in [2.75, 3.05) is 23.9 Å². The molecule has 4 rings (SSSR count). The van der Waals surface area contributed by atoms with Crippen molar-refractivity contribution < 1.29 is 14.3 Å². The van der Waals surface area contributed by atoms with Gasteiger partial charge in [-0.2, -0.15) is 0 Å². The summed E-state index contributed by atoms with van der Waals surface area (Å²) in [6, 6.07) is 18.7. The number of anilines is 2. The monoisotopic (exact) mass is 387 g/mol. The minimum atomic E-state index is -0.452. The van der Waals surface area contributed by atoms with Crippen LogP contribution >= 0.6 is 0 Å². The van der Waals surface area contributed by atoms with Crippen LogP contribution in [0, 0.1) is 0 Å². The van der Waals surface area contributed by atoms with E-state index in [4.69, 9.17) is 4.74 Å². The van der Waals surface area contributed by atoms with Gasteiger partial charge >= 0.3 is 5.97 Å². The Hall–Kier alpha value is -3.67. The second-order valence-corrected chi connectivity index (χ2v) is 6.87. The van der Waals surface area contributed by atoms with Crippen molar-refractivity contribution in [2.24, 2.45) is 0 Å². The summed E-state index contributed by atoms with van der Waals surface area (Å²) in [5, 5.41) is 2.77. The highest BCUT2D eigenvalue weighted by atomic mass is 16.5. The minimum Gasteiger partial charge on any atom is -0.465 e. The highest BCUT2D eigenvalue weighted by Crippen LogP contribution is 2.24. The van der Waals surface area contributed by atoms with Crippen LogP contribution in [-0.2, 0) is 17.7 Å². The molecule has 0 bridgehead atoms. The Morgan fingerprint density at radius 1 is 1.03 bits per heavy atom. The smallest absolute Gasteiger partial charge is 0.337 e. The van der Waals surface area contributed by atoms with E-state index in [1.165, 1.54) is 18.2 Å². The summed E-state index contributed by atoms with van der Waals surface area (Å²) in [5.41, 5.74) is 4.90. The van der Waals surface area contributed by atoms with E-state index in [2.05, 4.69) is 39.5 Å². The number of pyridine rings is 1. The van der Waals surface area contributed by atoms with E-state index in [1.54, 1.807) is 36.5 Å². The Morgan fingerprint density at radius 3 is 2.62 bits per heavy atom. The summed E-state index contributed by atoms with van der Waals surface area (Å²) in [6.07, 6.45) is 2.72. The third-order valence-corrected chi connectivity index (χ3v) is 5.02. The van der Waals surface area contributed by atoms with Gasteiger partial charge in [-0.05, 0) is 47.9 Å². The molecule has 0 unspecified atom stereocenters. The molecule has 29 heavy (non-hydrogen) atoms. The lowest BCUT2D eigenvalue weighted by atomic mass is 10.00. The van der Waals surface area contributed by atoms with E-state index in [0.29, 0.717) is 16.9 Å². The molecule has 0 aliphatic carbocycles. The quantitative estimate of drug-likeness (QED) is 0.692. The van der Waals surface area contributed by atoms with Gasteiger partial charge in [0.25, 0.3) is 5.91 Å². The van der Waals surface area contributed by atoms with E-state index in [0.717, 1.165) is 25.2 Å². The van der Waals surface area contributed by atoms with Crippen LogP contribution < -0.4 is 10.2 Å². The standard InChI is InChI=1S/C23H21N3O3/c1-29-23(28)17-7-4-8-19(13-17)25-22(27)21-10-9-20(14-24-21)26-12-11-16-5-2-3-6-18(16)15-26/h2-10,13-14H,11-12,15H2,1H3,(H,25,27). The van der Waals surface area contributed by atoms with Crippen LogP contribution in [0.5, 0.6) is 0 Å². The SMILES string of the molecule is COC(=O)c1cccc(NC(=O)c2ccc(N3CCc4ccccc4C3)cn2)c1. The first-order chi connectivity index (χ1) is 14.1. The number of amides is 1. The van der Waals surface area contributed by atoms with Gasteiger partial charge in [0.15, 0.2) is 0 Å². The maximum absolute atomic E-state index is 12.5. The molecule has 0 fully saturated rings. The molecule has 1 aliphatic rings. The van der Waals surface area contributed by atoms with Crippen LogP contribution in [0.15, 0.2) is 66.9 Å². The topological polar surface area (TPSA) is 71.5 Å². The summed E-state index contributed by atoms with van der Waals surface area (Å²) in [7, 11) is 1.32. The van der Waals surface area contributed by atoms with E-state index < -0.39 is 5.97 Å². The summed E-state index contributed by atoms with van der Waals surface area (Å²) < 4.78 is 4.71. The number of nitrogens with one attached hydrogen (secondary N) is 1. The molecule has 1 amide bonds. The van der Waals surface area contributed by atoms with E-state index >= 15 is 0 Å². The van der Waals surface area contributed by atoms with Crippen molar-refractivity contribution in [3.05, 3.63) is 89.2 Å². The molecule has 0 spiro atoms. The number of aromatic nitrogens is 1. The number of rotatable bonds is 4. The first-order valence-electron chi connectivity index (χ1n) is 9.41. The summed E-state index contributed by atoms with van der Waals surface area (Å²) in [4.78, 5) is 30.7. The molecule has 0 atom stereocenters. The normalized spacial score (nSPS) is 12.8. The van der Waals surface area contributed by atoms with Crippen molar-refractivity contribution in [3.63, 3.8) is 0 Å². The largest absolute Gasteiger partial charge is 0.465 e. The van der Waals surface area contributed by atoms with Gasteiger partial charge in [-0.25, -0.2) is 9.78 Å². The molecule has 1 aromatic heterocycles. The number of fused-ring (bicyclic) bond motifs is 1. The molecule has 6 heteroatoms. The van der Waals surface area contributed by atoms with Gasteiger partial charge in [0.2, 0.25) is 0 Å². The zero-order chi connectivity index (χ0) is 20.2. The Labute approximate surface area is 169 Å². The van der Waals surface area contributed by atoms with E-state index in [-0.39, 0.29) is 5.91 Å². The number of esters is 1. The first-order valence-corrected chi connectivity index (χ1v) is 9.41. The van der Waals surface area contributed by atoms with Gasteiger partial charge < -0.3 is 15.0 Å². The number of hydrogen-bond acceptors (Lipinski definition) is 5. The van der Waals surface area contributed by atoms with Crippen LogP contribution in [0.2, 0.25) is 0 Å². The number of carbonyl (C=O) groups excluding carboxylic acids is 2. The molecule has 146 valence electrons. The number of nitrogens with zero attached hydrogens (tertiary/aromatic N) is 2. The molecule has 1 aliphatic heterocycles. The molecule has 6 nitrogen and oxygen atoms in total. The molecule has 3 aromatic rings. The number of carbonyl (C=O) groups is 2. The van der Waals surface area contributed by atoms with Crippen molar-refractivity contribution in [1.82, 2.24) is 4.98 Å². The predicted octanol–water partition coefficient (Wildman–Crippen LogP) is 3.68. The van der Waals surface area contributed by atoms with Crippen molar-refractivity contribution in [2.45, 2.75) is 13.0 Å². The third kappa shape index (κ3) is 4.11. The number of benzene rings is 2. The Bertz CT molecular complexity index is 1050. The summed E-state index contributed by atoms with van der Waals surface area (Å²) >= 11 is 0. The lowest BCUT2D eigenvalue weighted by molar-refractivity contribution is 0.0600. The fraction of sp³-hybridized carbons (Fsp3) is 0.174. The Morgan fingerprint density at radius 2 is 1.86 bits per heavy atom. The maximum atomic E-state index is 12.5. The first kappa shape index (κ1) is 18.7. The highest BCUT2D eigenvalue weighted by molar-refractivity contribution is 6.03. The van der Waals surface area contributed by atoms with Crippen molar-refractivity contribution in [1.29, 1.82) is 0 Å². The highest BCUT2D eigenvalue weighted by Gasteiger charge is 2.17. The third-order valence-electron chi connectivity index (χ3n) is 5.02. The van der Waals surface area contributed by atoms with Crippen LogP contribution in [0.25, 0.3) is 0 Å². The van der Waals surface area contributed by atoms with Crippen LogP contribution in [0.4, 0.5) is 11.4 Å². The van der Waals surface area contributed by atoms with Crippen LogP contribution in [-0.4, -0.2) is 30.5 Å². The van der Waals surface area contributed by atoms with Crippen molar-refractivity contribution >= 4 is 23.3 Å². The van der Waals surface area contributed by atoms with E-state index in [1.807, 2.05) is 6.07 Å². The molecule has 0 saturated carbocycles. The molecular formula is C23H21N3O3. The Kier molecular flexibility index (Phi) is 5.24. The lowest BCUT2D eigenvalue weighted by Gasteiger charge is -2.30. The molecule has 0 radical (unpaired) electrons. The second-order valence-electron chi connectivity index (χ2n) is 6.87. The summed E-state index contributed by atoms with van der Waals surface area (Å²) in [5.74, 6) is -0.783. The van der Waals surface area contributed by atoms with Crippen LogP contribution in [0.1, 0.15) is 32.0 Å². The van der Waals surface area contributed by atoms with Crippen molar-refractivity contribution in [3.8, 4) is 0 Å². The van der Waals surface area contributed by atoms with Crippen LogP contribution in [0.3, 0.4) is 0 Å². The van der Waals surface area contributed by atoms with Gasteiger partial charge in [0, 0.05) is 18.8 Å². The molecule has 0 saturated heterocycles. The fourth-order valence-corrected chi connectivity index (χ4v) is 3.46. The van der Waals surface area contributed by atoms with Gasteiger partial charge in [-0.1, -0.05) is 30.3 Å².